The van der Waals surface area contributed by atoms with Crippen LogP contribution in [-0.4, -0.2) is 31.8 Å². The molecule has 0 spiro atoms. The van der Waals surface area contributed by atoms with Crippen LogP contribution in [-0.2, 0) is 10.0 Å². The standard InChI is InChI=1S/C21H20Cl2FN3O3S/c1-12(19-16(22)8-9-17(24)20(19)23)30-18-10-14(11-26-21(18)25)13-4-6-15(7-5-13)31(28,29)27(2)3/h4-12H,1-3H3,(H2,25,26). The van der Waals surface area contributed by atoms with E-state index >= 15 is 0 Å². The highest BCUT2D eigenvalue weighted by Gasteiger charge is 2.20. The van der Waals surface area contributed by atoms with Crippen molar-refractivity contribution >= 4 is 39.0 Å². The first-order chi connectivity index (χ1) is 14.5. The van der Waals surface area contributed by atoms with Crippen LogP contribution < -0.4 is 10.5 Å². The highest BCUT2D eigenvalue weighted by Crippen LogP contribution is 2.37. The molecule has 0 saturated carbocycles. The van der Waals surface area contributed by atoms with E-state index < -0.39 is 21.9 Å². The van der Waals surface area contributed by atoms with Crippen molar-refractivity contribution in [2.75, 3.05) is 19.8 Å². The van der Waals surface area contributed by atoms with Gasteiger partial charge in [-0.2, -0.15) is 0 Å². The van der Waals surface area contributed by atoms with Crippen LogP contribution in [0, 0.1) is 5.82 Å². The van der Waals surface area contributed by atoms with E-state index in [4.69, 9.17) is 33.7 Å². The molecule has 2 N–H and O–H groups in total. The number of ether oxygens (including phenoxy) is 1. The second-order valence-electron chi connectivity index (χ2n) is 6.94. The second kappa shape index (κ2) is 9.00. The van der Waals surface area contributed by atoms with Gasteiger partial charge in [-0.05, 0) is 42.8 Å². The number of hydrogen-bond acceptors (Lipinski definition) is 5. The Morgan fingerprint density at radius 2 is 1.74 bits per heavy atom. The van der Waals surface area contributed by atoms with E-state index in [1.807, 2.05) is 0 Å². The number of sulfonamides is 1. The lowest BCUT2D eigenvalue weighted by Crippen LogP contribution is -2.22. The van der Waals surface area contributed by atoms with Crippen molar-refractivity contribution < 1.29 is 17.5 Å². The van der Waals surface area contributed by atoms with E-state index in [9.17, 15) is 12.8 Å². The molecule has 0 aliphatic heterocycles. The molecule has 6 nitrogen and oxygen atoms in total. The number of anilines is 1. The summed E-state index contributed by atoms with van der Waals surface area (Å²) in [5.41, 5.74) is 7.62. The Balaban J connectivity index is 1.92. The number of nitrogens with zero attached hydrogens (tertiary/aromatic N) is 2. The first-order valence-electron chi connectivity index (χ1n) is 9.11. The van der Waals surface area contributed by atoms with Crippen molar-refractivity contribution in [1.29, 1.82) is 0 Å². The molecular weight excluding hydrogens is 464 g/mol. The SMILES string of the molecule is CC(Oc1cc(-c2ccc(S(=O)(=O)N(C)C)cc2)cnc1N)c1c(Cl)ccc(F)c1Cl. The van der Waals surface area contributed by atoms with Crippen LogP contribution in [0.3, 0.4) is 0 Å². The Morgan fingerprint density at radius 3 is 2.35 bits per heavy atom. The van der Waals surface area contributed by atoms with Crippen LogP contribution in [0.1, 0.15) is 18.6 Å². The number of pyridine rings is 1. The molecule has 3 rings (SSSR count). The Kier molecular flexibility index (Phi) is 6.76. The number of aromatic nitrogens is 1. The zero-order valence-electron chi connectivity index (χ0n) is 16.9. The lowest BCUT2D eigenvalue weighted by atomic mass is 10.1. The van der Waals surface area contributed by atoms with Gasteiger partial charge in [0.25, 0.3) is 0 Å². The van der Waals surface area contributed by atoms with Crippen LogP contribution in [0.4, 0.5) is 10.2 Å². The van der Waals surface area contributed by atoms with Gasteiger partial charge >= 0.3 is 0 Å². The van der Waals surface area contributed by atoms with Gasteiger partial charge in [-0.25, -0.2) is 22.1 Å². The maximum absolute atomic E-state index is 13.9. The predicted octanol–water partition coefficient (Wildman–Crippen LogP) is 5.17. The number of halogens is 3. The van der Waals surface area contributed by atoms with Gasteiger partial charge in [0.1, 0.15) is 11.9 Å². The highest BCUT2D eigenvalue weighted by atomic mass is 35.5. The van der Waals surface area contributed by atoms with Crippen LogP contribution in [0.2, 0.25) is 10.0 Å². The van der Waals surface area contributed by atoms with Gasteiger partial charge in [0.15, 0.2) is 11.6 Å². The summed E-state index contributed by atoms with van der Waals surface area (Å²) in [5, 5.41) is 0.139. The van der Waals surface area contributed by atoms with Gasteiger partial charge < -0.3 is 10.5 Å². The summed E-state index contributed by atoms with van der Waals surface area (Å²) in [6.07, 6.45) is 0.840. The second-order valence-corrected chi connectivity index (χ2v) is 9.87. The maximum Gasteiger partial charge on any atom is 0.242 e. The van der Waals surface area contributed by atoms with E-state index in [0.29, 0.717) is 16.7 Å². The lowest BCUT2D eigenvalue weighted by Gasteiger charge is -2.19. The number of rotatable bonds is 6. The summed E-state index contributed by atoms with van der Waals surface area (Å²) in [7, 11) is -0.597. The number of hydrogen-bond donors (Lipinski definition) is 1. The van der Waals surface area contributed by atoms with Gasteiger partial charge in [-0.1, -0.05) is 35.3 Å². The minimum absolute atomic E-state index is 0.125. The van der Waals surface area contributed by atoms with Gasteiger partial charge in [-0.3, -0.25) is 0 Å². The summed E-state index contributed by atoms with van der Waals surface area (Å²) in [4.78, 5) is 4.32. The Morgan fingerprint density at radius 1 is 1.10 bits per heavy atom. The third-order valence-electron chi connectivity index (χ3n) is 4.64. The molecule has 0 aliphatic carbocycles. The van der Waals surface area contributed by atoms with Crippen molar-refractivity contribution in [1.82, 2.24) is 9.29 Å². The topological polar surface area (TPSA) is 85.5 Å². The van der Waals surface area contributed by atoms with Crippen molar-refractivity contribution in [2.45, 2.75) is 17.9 Å². The minimum atomic E-state index is -3.53. The van der Waals surface area contributed by atoms with E-state index in [0.717, 1.165) is 4.31 Å². The average Bonchev–Trinajstić information content (AvgIpc) is 2.72. The summed E-state index contributed by atoms with van der Waals surface area (Å²) in [6.45, 7) is 1.67. The smallest absolute Gasteiger partial charge is 0.242 e. The molecule has 1 unspecified atom stereocenters. The molecular formula is C21H20Cl2FN3O3S. The van der Waals surface area contributed by atoms with Crippen molar-refractivity contribution in [2.24, 2.45) is 0 Å². The fourth-order valence-electron chi connectivity index (χ4n) is 2.90. The van der Waals surface area contributed by atoms with E-state index in [1.165, 1.54) is 38.4 Å². The lowest BCUT2D eigenvalue weighted by molar-refractivity contribution is 0.227. The molecule has 0 bridgehead atoms. The quantitative estimate of drug-likeness (QED) is 0.488. The fraction of sp³-hybridized carbons (Fsp3) is 0.190. The number of nitrogens with two attached hydrogens (primary N) is 1. The molecule has 0 radical (unpaired) electrons. The number of nitrogen functional groups attached to an aromatic ring is 1. The molecule has 3 aromatic rings. The molecule has 164 valence electrons. The molecule has 0 fully saturated rings. The van der Waals surface area contributed by atoms with Gasteiger partial charge in [0.05, 0.1) is 9.92 Å². The molecule has 1 heterocycles. The zero-order valence-corrected chi connectivity index (χ0v) is 19.3. The molecule has 0 amide bonds. The van der Waals surface area contributed by atoms with Gasteiger partial charge in [0.2, 0.25) is 10.0 Å². The third kappa shape index (κ3) is 4.77. The molecule has 2 aromatic carbocycles. The van der Waals surface area contributed by atoms with Crippen molar-refractivity contribution in [3.8, 4) is 16.9 Å². The fourth-order valence-corrected chi connectivity index (χ4v) is 4.48. The minimum Gasteiger partial charge on any atom is -0.482 e. The largest absolute Gasteiger partial charge is 0.482 e. The summed E-state index contributed by atoms with van der Waals surface area (Å²) >= 11 is 12.2. The zero-order chi connectivity index (χ0) is 22.9. The summed E-state index contributed by atoms with van der Waals surface area (Å²) < 4.78 is 45.4. The maximum atomic E-state index is 13.9. The van der Waals surface area contributed by atoms with E-state index in [1.54, 1.807) is 31.3 Å². The molecule has 1 aromatic heterocycles. The highest BCUT2D eigenvalue weighted by molar-refractivity contribution is 7.89. The number of benzene rings is 2. The average molecular weight is 484 g/mol. The normalized spacial score (nSPS) is 12.7. The Bertz CT molecular complexity index is 1220. The monoisotopic (exact) mass is 483 g/mol. The molecule has 0 saturated heterocycles. The first-order valence-corrected chi connectivity index (χ1v) is 11.3. The predicted molar refractivity (Wildman–Crippen MR) is 120 cm³/mol. The van der Waals surface area contributed by atoms with E-state index in [-0.39, 0.29) is 26.5 Å². The van der Waals surface area contributed by atoms with Crippen LogP contribution in [0.15, 0.2) is 53.6 Å². The van der Waals surface area contributed by atoms with Gasteiger partial charge in [0, 0.05) is 36.4 Å². The third-order valence-corrected chi connectivity index (χ3v) is 7.18. The first kappa shape index (κ1) is 23.3. The van der Waals surface area contributed by atoms with Crippen molar-refractivity contribution in [3.05, 3.63) is 70.1 Å². The van der Waals surface area contributed by atoms with Crippen LogP contribution in [0.5, 0.6) is 5.75 Å². The van der Waals surface area contributed by atoms with Crippen molar-refractivity contribution in [3.63, 3.8) is 0 Å². The Labute approximate surface area is 190 Å². The van der Waals surface area contributed by atoms with Crippen LogP contribution >= 0.6 is 23.2 Å². The molecule has 1 atom stereocenters. The molecule has 10 heteroatoms. The summed E-state index contributed by atoms with van der Waals surface area (Å²) in [6, 6.07) is 10.6. The van der Waals surface area contributed by atoms with Gasteiger partial charge in [-0.15, -0.1) is 0 Å². The summed E-state index contributed by atoms with van der Waals surface area (Å²) in [5.74, 6) is -0.221. The van der Waals surface area contributed by atoms with E-state index in [2.05, 4.69) is 4.98 Å². The molecule has 31 heavy (non-hydrogen) atoms. The van der Waals surface area contributed by atoms with Crippen LogP contribution in [0.25, 0.3) is 11.1 Å². The molecule has 0 aliphatic rings. The Hall–Kier alpha value is -2.39.